The van der Waals surface area contributed by atoms with Crippen LogP contribution in [0.15, 0.2) is 64.0 Å². The van der Waals surface area contributed by atoms with E-state index < -0.39 is 52.7 Å². The van der Waals surface area contributed by atoms with Gasteiger partial charge in [-0.1, -0.05) is 12.1 Å². The molecule has 2 aromatic carbocycles. The molecule has 0 saturated carbocycles. The molecular weight excluding hydrogens is 539 g/mol. The van der Waals surface area contributed by atoms with Crippen molar-refractivity contribution in [2.75, 3.05) is 14.2 Å². The Morgan fingerprint density at radius 2 is 1.77 bits per heavy atom. The third kappa shape index (κ3) is 5.58. The Hall–Kier alpha value is -4.92. The number of esters is 1. The molecule has 0 saturated heterocycles. The number of rotatable bonds is 7. The van der Waals surface area contributed by atoms with Crippen molar-refractivity contribution in [2.24, 2.45) is 0 Å². The molecule has 0 spiro atoms. The van der Waals surface area contributed by atoms with Gasteiger partial charge < -0.3 is 13.9 Å². The molecule has 40 heavy (non-hydrogen) atoms. The van der Waals surface area contributed by atoms with Crippen LogP contribution in [0.4, 0.5) is 22.0 Å². The summed E-state index contributed by atoms with van der Waals surface area (Å²) in [6.45, 7) is -0.616. The van der Waals surface area contributed by atoms with Crippen LogP contribution in [0.5, 0.6) is 5.75 Å². The lowest BCUT2D eigenvalue weighted by Gasteiger charge is -2.16. The lowest BCUT2D eigenvalue weighted by molar-refractivity contribution is -0.140. The molecule has 0 radical (unpaired) electrons. The van der Waals surface area contributed by atoms with Gasteiger partial charge in [-0.25, -0.2) is 8.78 Å². The number of alkyl halides is 3. The summed E-state index contributed by atoms with van der Waals surface area (Å²) in [6, 6.07) is 10.5. The van der Waals surface area contributed by atoms with Gasteiger partial charge in [-0.3, -0.25) is 14.2 Å². The highest BCUT2D eigenvalue weighted by atomic mass is 19.4. The van der Waals surface area contributed by atoms with E-state index in [1.807, 2.05) is 0 Å². The van der Waals surface area contributed by atoms with Crippen molar-refractivity contribution >= 4 is 5.97 Å². The first-order valence-corrected chi connectivity index (χ1v) is 11.5. The van der Waals surface area contributed by atoms with E-state index in [1.54, 1.807) is 18.2 Å². The second-order valence-electron chi connectivity index (χ2n) is 8.53. The van der Waals surface area contributed by atoms with Gasteiger partial charge in [0.2, 0.25) is 0 Å². The van der Waals surface area contributed by atoms with Crippen molar-refractivity contribution in [3.05, 3.63) is 99.0 Å². The van der Waals surface area contributed by atoms with Crippen molar-refractivity contribution in [2.45, 2.75) is 19.1 Å². The molecular formula is C28H19F5N2O5. The summed E-state index contributed by atoms with van der Waals surface area (Å²) in [5.41, 5.74) is -3.28. The topological polar surface area (TPSA) is 94.5 Å². The van der Waals surface area contributed by atoms with Gasteiger partial charge >= 0.3 is 12.1 Å². The van der Waals surface area contributed by atoms with E-state index in [9.17, 15) is 36.8 Å². The van der Waals surface area contributed by atoms with Crippen LogP contribution in [0.2, 0.25) is 0 Å². The summed E-state index contributed by atoms with van der Waals surface area (Å²) in [6.07, 6.45) is -3.96. The number of carbonyl (C=O) groups is 1. The maximum absolute atomic E-state index is 14.4. The zero-order valence-electron chi connectivity index (χ0n) is 20.9. The highest BCUT2D eigenvalue weighted by molar-refractivity contribution is 5.76. The summed E-state index contributed by atoms with van der Waals surface area (Å²) in [4.78, 5) is 24.9. The number of hydrogen-bond acceptors (Lipinski definition) is 6. The number of ether oxygens (including phenoxy) is 2. The number of pyridine rings is 1. The van der Waals surface area contributed by atoms with E-state index in [4.69, 9.17) is 13.9 Å². The van der Waals surface area contributed by atoms with Crippen LogP contribution in [0, 0.1) is 23.0 Å². The molecule has 0 atom stereocenters. The molecule has 206 valence electrons. The minimum atomic E-state index is -5.06. The number of carbonyl (C=O) groups excluding carboxylic acids is 1. The molecule has 0 fully saturated rings. The molecule has 2 aromatic heterocycles. The smallest absolute Gasteiger partial charge is 0.417 e. The zero-order chi connectivity index (χ0) is 29.2. The monoisotopic (exact) mass is 558 g/mol. The molecule has 0 amide bonds. The number of nitrogens with zero attached hydrogens (tertiary/aromatic N) is 2. The van der Waals surface area contributed by atoms with Crippen molar-refractivity contribution in [3.8, 4) is 34.4 Å². The van der Waals surface area contributed by atoms with Gasteiger partial charge in [0.05, 0.1) is 44.7 Å². The number of halogens is 5. The predicted octanol–water partition coefficient (Wildman–Crippen LogP) is 5.72. The van der Waals surface area contributed by atoms with Gasteiger partial charge in [0.25, 0.3) is 5.56 Å². The van der Waals surface area contributed by atoms with Gasteiger partial charge in [-0.2, -0.15) is 18.4 Å². The normalized spacial score (nSPS) is 11.2. The highest BCUT2D eigenvalue weighted by Gasteiger charge is 2.37. The van der Waals surface area contributed by atoms with Gasteiger partial charge in [0, 0.05) is 22.8 Å². The van der Waals surface area contributed by atoms with Crippen LogP contribution in [0.25, 0.3) is 22.6 Å². The third-order valence-corrected chi connectivity index (χ3v) is 6.09. The molecule has 0 aliphatic carbocycles. The summed E-state index contributed by atoms with van der Waals surface area (Å²) < 4.78 is 85.6. The predicted molar refractivity (Wildman–Crippen MR) is 131 cm³/mol. The minimum Gasteiger partial charge on any atom is -0.496 e. The van der Waals surface area contributed by atoms with Gasteiger partial charge in [0.1, 0.15) is 29.0 Å². The first-order valence-electron chi connectivity index (χ1n) is 11.5. The molecule has 0 aliphatic heterocycles. The van der Waals surface area contributed by atoms with Gasteiger partial charge in [0.15, 0.2) is 5.76 Å². The fourth-order valence-electron chi connectivity index (χ4n) is 4.11. The third-order valence-electron chi connectivity index (χ3n) is 6.09. The van der Waals surface area contributed by atoms with E-state index in [1.165, 1.54) is 32.6 Å². The Morgan fingerprint density at radius 1 is 1.02 bits per heavy atom. The van der Waals surface area contributed by atoms with E-state index in [-0.39, 0.29) is 17.7 Å². The van der Waals surface area contributed by atoms with E-state index >= 15 is 0 Å². The number of hydrogen-bond donors (Lipinski definition) is 0. The Balaban J connectivity index is 1.88. The lowest BCUT2D eigenvalue weighted by Crippen LogP contribution is -2.29. The standard InChI is InChI=1S/C28H19F5N2O5/c1-38-24-6-4-15(7-17(24)9-26(36)39-2)18-8-25(40-14-18)23-11-21(28(31,32)33)20(12-34)27(37)35(23)13-16-3-5-19(29)10-22(16)30/h3-8,10-11,14H,9,13H2,1-2H3. The van der Waals surface area contributed by atoms with E-state index in [0.717, 1.165) is 16.7 Å². The Morgan fingerprint density at radius 3 is 2.40 bits per heavy atom. The van der Waals surface area contributed by atoms with E-state index in [0.29, 0.717) is 34.6 Å². The van der Waals surface area contributed by atoms with Gasteiger partial charge in [-0.05, 0) is 35.9 Å². The molecule has 0 bridgehead atoms. The fraction of sp³-hybridized carbons (Fsp3) is 0.179. The van der Waals surface area contributed by atoms with Crippen LogP contribution < -0.4 is 10.3 Å². The van der Waals surface area contributed by atoms with Crippen molar-refractivity contribution in [1.29, 1.82) is 5.26 Å². The first kappa shape index (κ1) is 28.1. The summed E-state index contributed by atoms with van der Waals surface area (Å²) in [5.74, 6) is -2.25. The first-order chi connectivity index (χ1) is 19.0. The van der Waals surface area contributed by atoms with Crippen LogP contribution in [0.3, 0.4) is 0 Å². The Kier molecular flexibility index (Phi) is 7.77. The maximum atomic E-state index is 14.4. The number of nitriles is 1. The lowest BCUT2D eigenvalue weighted by atomic mass is 10.0. The number of methoxy groups -OCH3 is 2. The molecule has 4 aromatic rings. The molecule has 4 rings (SSSR count). The molecule has 2 heterocycles. The van der Waals surface area contributed by atoms with Crippen molar-refractivity contribution in [3.63, 3.8) is 0 Å². The van der Waals surface area contributed by atoms with Crippen LogP contribution >= 0.6 is 0 Å². The second kappa shape index (κ2) is 11.1. The Bertz CT molecular complexity index is 1700. The summed E-state index contributed by atoms with van der Waals surface area (Å²) in [5, 5.41) is 9.35. The quantitative estimate of drug-likeness (QED) is 0.213. The minimum absolute atomic E-state index is 0.119. The maximum Gasteiger partial charge on any atom is 0.417 e. The molecule has 12 heteroatoms. The highest BCUT2D eigenvalue weighted by Crippen LogP contribution is 2.36. The largest absolute Gasteiger partial charge is 0.496 e. The number of furan rings is 1. The fourth-order valence-corrected chi connectivity index (χ4v) is 4.11. The average molecular weight is 558 g/mol. The van der Waals surface area contributed by atoms with Crippen LogP contribution in [-0.4, -0.2) is 24.8 Å². The number of benzene rings is 2. The van der Waals surface area contributed by atoms with Crippen molar-refractivity contribution < 1.29 is 40.6 Å². The average Bonchev–Trinajstić information content (AvgIpc) is 3.40. The molecule has 7 nitrogen and oxygen atoms in total. The Labute approximate surface area is 223 Å². The van der Waals surface area contributed by atoms with Crippen LogP contribution in [0.1, 0.15) is 22.3 Å². The second-order valence-corrected chi connectivity index (χ2v) is 8.53. The SMILES string of the molecule is COC(=O)Cc1cc(-c2coc(-c3cc(C(F)(F)F)c(C#N)c(=O)n3Cc3ccc(F)cc3F)c2)ccc1OC. The molecule has 0 unspecified atom stereocenters. The molecule has 0 aliphatic rings. The molecule has 0 N–H and O–H groups in total. The summed E-state index contributed by atoms with van der Waals surface area (Å²) >= 11 is 0. The van der Waals surface area contributed by atoms with E-state index in [2.05, 4.69) is 0 Å². The number of aromatic nitrogens is 1. The summed E-state index contributed by atoms with van der Waals surface area (Å²) in [7, 11) is 2.64. The van der Waals surface area contributed by atoms with Crippen LogP contribution in [-0.2, 0) is 28.7 Å². The van der Waals surface area contributed by atoms with Gasteiger partial charge in [-0.15, -0.1) is 0 Å². The van der Waals surface area contributed by atoms with Crippen molar-refractivity contribution in [1.82, 2.24) is 4.57 Å². The zero-order valence-corrected chi connectivity index (χ0v) is 20.9.